The summed E-state index contributed by atoms with van der Waals surface area (Å²) < 4.78 is 8.97. The van der Waals surface area contributed by atoms with Gasteiger partial charge in [0, 0.05) is 53.2 Å². The van der Waals surface area contributed by atoms with Gasteiger partial charge < -0.3 is 9.42 Å². The van der Waals surface area contributed by atoms with Crippen molar-refractivity contribution in [1.29, 1.82) is 0 Å². The van der Waals surface area contributed by atoms with Gasteiger partial charge in [-0.3, -0.25) is 9.71 Å². The summed E-state index contributed by atoms with van der Waals surface area (Å²) in [6.07, 6.45) is 5.51. The lowest BCUT2D eigenvalue weighted by molar-refractivity contribution is 0.395. The molecule has 0 amide bonds. The van der Waals surface area contributed by atoms with E-state index in [4.69, 9.17) is 9.52 Å². The molecular formula is C17H19N5OS2. The summed E-state index contributed by atoms with van der Waals surface area (Å²) in [7, 11) is 0. The molecule has 1 atom stereocenters. The van der Waals surface area contributed by atoms with E-state index in [2.05, 4.69) is 19.8 Å². The molecule has 3 aliphatic rings. The first-order valence-electron chi connectivity index (χ1n) is 8.56. The number of amidine groups is 1. The minimum Gasteiger partial charge on any atom is -0.361 e. The maximum atomic E-state index is 5.30. The molecule has 0 aromatic carbocycles. The van der Waals surface area contributed by atoms with Crippen molar-refractivity contribution in [2.45, 2.75) is 37.5 Å². The van der Waals surface area contributed by atoms with Gasteiger partial charge in [0.05, 0.1) is 6.54 Å². The molecule has 0 radical (unpaired) electrons. The third-order valence-corrected chi connectivity index (χ3v) is 6.69. The quantitative estimate of drug-likeness (QED) is 0.813. The zero-order valence-corrected chi connectivity index (χ0v) is 15.6. The van der Waals surface area contributed by atoms with Crippen LogP contribution >= 0.6 is 23.3 Å². The topological polar surface area (TPSA) is 66.5 Å². The van der Waals surface area contributed by atoms with Gasteiger partial charge in [0.2, 0.25) is 0 Å². The lowest BCUT2D eigenvalue weighted by Gasteiger charge is -2.26. The number of aliphatic imine (C=N–C) groups is 1. The maximum Gasteiger partial charge on any atom is 0.165 e. The van der Waals surface area contributed by atoms with Crippen LogP contribution in [0.2, 0.25) is 0 Å². The molecule has 130 valence electrons. The lowest BCUT2D eigenvalue weighted by Crippen LogP contribution is -2.35. The van der Waals surface area contributed by atoms with Crippen molar-refractivity contribution in [3.63, 3.8) is 0 Å². The second-order valence-corrected chi connectivity index (χ2v) is 8.70. The van der Waals surface area contributed by atoms with Crippen LogP contribution in [0.1, 0.15) is 35.7 Å². The monoisotopic (exact) mass is 373 g/mol. The predicted molar refractivity (Wildman–Crippen MR) is 101 cm³/mol. The van der Waals surface area contributed by atoms with Crippen molar-refractivity contribution < 1.29 is 4.52 Å². The van der Waals surface area contributed by atoms with Gasteiger partial charge >= 0.3 is 0 Å². The summed E-state index contributed by atoms with van der Waals surface area (Å²) in [6, 6.07) is 2.43. The highest BCUT2D eigenvalue weighted by atomic mass is 32.2. The van der Waals surface area contributed by atoms with E-state index in [0.29, 0.717) is 12.6 Å². The van der Waals surface area contributed by atoms with Crippen molar-refractivity contribution in [2.75, 3.05) is 13.1 Å². The summed E-state index contributed by atoms with van der Waals surface area (Å²) in [4.78, 5) is 11.6. The van der Waals surface area contributed by atoms with Gasteiger partial charge in [0.15, 0.2) is 10.8 Å². The zero-order chi connectivity index (χ0) is 16.8. The molecule has 1 saturated carbocycles. The predicted octanol–water partition coefficient (Wildman–Crippen LogP) is 3.09. The van der Waals surface area contributed by atoms with Crippen molar-refractivity contribution in [2.24, 2.45) is 4.99 Å². The molecule has 25 heavy (non-hydrogen) atoms. The van der Waals surface area contributed by atoms with Crippen LogP contribution in [-0.2, 0) is 0 Å². The minimum absolute atomic E-state index is 0.423. The van der Waals surface area contributed by atoms with Crippen LogP contribution in [0, 0.1) is 6.92 Å². The molecule has 2 aromatic heterocycles. The van der Waals surface area contributed by atoms with Gasteiger partial charge in [-0.25, -0.2) is 4.98 Å². The number of aryl methyl sites for hydroxylation is 1. The normalized spacial score (nSPS) is 23.2. The number of aromatic nitrogens is 2. The van der Waals surface area contributed by atoms with Crippen LogP contribution in [0.5, 0.6) is 0 Å². The number of fused-ring (bicyclic) bond motifs is 1. The van der Waals surface area contributed by atoms with Gasteiger partial charge in [-0.1, -0.05) is 17.1 Å². The van der Waals surface area contributed by atoms with Gasteiger partial charge in [-0.05, 0) is 19.8 Å². The molecule has 2 fully saturated rings. The van der Waals surface area contributed by atoms with Crippen LogP contribution in [0.3, 0.4) is 0 Å². The molecule has 8 heteroatoms. The fourth-order valence-electron chi connectivity index (χ4n) is 3.28. The summed E-state index contributed by atoms with van der Waals surface area (Å²) in [6.45, 7) is 3.49. The molecule has 0 spiro atoms. The Morgan fingerprint density at radius 2 is 2.32 bits per heavy atom. The van der Waals surface area contributed by atoms with E-state index < -0.39 is 0 Å². The Bertz CT molecular complexity index is 837. The molecule has 1 aliphatic carbocycles. The Labute approximate surface area is 154 Å². The van der Waals surface area contributed by atoms with Gasteiger partial charge in [0.25, 0.3) is 0 Å². The van der Waals surface area contributed by atoms with Crippen LogP contribution < -0.4 is 4.72 Å². The summed E-state index contributed by atoms with van der Waals surface area (Å²) in [5.41, 5.74) is 3.40. The molecule has 0 bridgehead atoms. The highest BCUT2D eigenvalue weighted by molar-refractivity contribution is 7.98. The van der Waals surface area contributed by atoms with Crippen molar-refractivity contribution in [1.82, 2.24) is 19.8 Å². The highest BCUT2D eigenvalue weighted by Crippen LogP contribution is 2.37. The molecular weight excluding hydrogens is 354 g/mol. The Balaban J connectivity index is 1.46. The second-order valence-electron chi connectivity index (χ2n) is 6.67. The Kier molecular flexibility index (Phi) is 3.91. The van der Waals surface area contributed by atoms with Crippen molar-refractivity contribution >= 4 is 34.7 Å². The number of nitrogens with one attached hydrogen (secondary N) is 1. The summed E-state index contributed by atoms with van der Waals surface area (Å²) >= 11 is 3.54. The van der Waals surface area contributed by atoms with E-state index >= 15 is 0 Å². The fraction of sp³-hybridized carbons (Fsp3) is 0.471. The van der Waals surface area contributed by atoms with Gasteiger partial charge in [-0.2, -0.15) is 0 Å². The maximum absolute atomic E-state index is 5.30. The molecule has 4 heterocycles. The SMILES string of the molecule is Cc1cc(C2=C3CC(NSC4CC4)CN3C(c3nccs3)=NC2)no1. The molecule has 5 rings (SSSR count). The van der Waals surface area contributed by atoms with E-state index in [1.807, 2.05) is 36.5 Å². The first-order chi connectivity index (χ1) is 12.3. The number of rotatable bonds is 5. The Hall–Kier alpha value is -1.64. The van der Waals surface area contributed by atoms with Crippen LogP contribution in [0.25, 0.3) is 5.57 Å². The Morgan fingerprint density at radius 3 is 3.04 bits per heavy atom. The number of hydrogen-bond acceptors (Lipinski definition) is 8. The first-order valence-corrected chi connectivity index (χ1v) is 10.3. The number of hydrogen-bond donors (Lipinski definition) is 1. The van der Waals surface area contributed by atoms with E-state index in [1.165, 1.54) is 24.1 Å². The van der Waals surface area contributed by atoms with E-state index in [1.54, 1.807) is 11.3 Å². The van der Waals surface area contributed by atoms with E-state index in [0.717, 1.165) is 40.5 Å². The van der Waals surface area contributed by atoms with E-state index in [9.17, 15) is 0 Å². The zero-order valence-electron chi connectivity index (χ0n) is 13.9. The average Bonchev–Trinajstić information content (AvgIpc) is 3.03. The van der Waals surface area contributed by atoms with Crippen molar-refractivity contribution in [3.05, 3.63) is 39.8 Å². The van der Waals surface area contributed by atoms with Crippen LogP contribution in [0.15, 0.2) is 32.9 Å². The smallest absolute Gasteiger partial charge is 0.165 e. The summed E-state index contributed by atoms with van der Waals surface area (Å²) in [5, 5.41) is 8.03. The summed E-state index contributed by atoms with van der Waals surface area (Å²) in [5.74, 6) is 1.83. The second kappa shape index (κ2) is 6.26. The van der Waals surface area contributed by atoms with Crippen LogP contribution in [-0.4, -0.2) is 45.3 Å². The highest BCUT2D eigenvalue weighted by Gasteiger charge is 2.37. The lowest BCUT2D eigenvalue weighted by atomic mass is 10.1. The molecule has 2 aliphatic heterocycles. The molecule has 6 nitrogen and oxygen atoms in total. The van der Waals surface area contributed by atoms with Crippen LogP contribution in [0.4, 0.5) is 0 Å². The molecule has 1 saturated heterocycles. The van der Waals surface area contributed by atoms with Gasteiger partial charge in [0.1, 0.15) is 11.5 Å². The average molecular weight is 374 g/mol. The largest absolute Gasteiger partial charge is 0.361 e. The Morgan fingerprint density at radius 1 is 1.40 bits per heavy atom. The fourth-order valence-corrected chi connectivity index (χ4v) is 4.85. The van der Waals surface area contributed by atoms with Gasteiger partial charge in [-0.15, -0.1) is 11.3 Å². The van der Waals surface area contributed by atoms with Crippen molar-refractivity contribution in [3.8, 4) is 0 Å². The molecule has 2 aromatic rings. The third-order valence-electron chi connectivity index (χ3n) is 4.65. The number of thiazole rings is 1. The third kappa shape index (κ3) is 3.02. The minimum atomic E-state index is 0.423. The molecule has 1 N–H and O–H groups in total. The van der Waals surface area contributed by atoms with E-state index in [-0.39, 0.29) is 0 Å². The number of nitrogens with zero attached hydrogens (tertiary/aromatic N) is 4. The first kappa shape index (κ1) is 15.6. The molecule has 1 unspecified atom stereocenters. The standard InChI is InChI=1S/C17H19N5OS2/c1-10-6-14(20-23-10)13-8-19-16(17-18-4-5-24-17)22-9-11(7-15(13)22)21-25-12-2-3-12/h4-6,11-12,21H,2-3,7-9H2,1H3.